The molecule has 0 atom stereocenters. The number of anilines is 1. The van der Waals surface area contributed by atoms with Crippen molar-refractivity contribution in [2.75, 3.05) is 19.0 Å². The van der Waals surface area contributed by atoms with Crippen molar-refractivity contribution in [1.29, 1.82) is 0 Å². The van der Waals surface area contributed by atoms with E-state index in [9.17, 15) is 4.79 Å². The maximum Gasteiger partial charge on any atom is 0.224 e. The van der Waals surface area contributed by atoms with Gasteiger partial charge in [-0.15, -0.1) is 10.2 Å². The molecule has 0 unspecified atom stereocenters. The molecule has 0 radical (unpaired) electrons. The highest BCUT2D eigenvalue weighted by Gasteiger charge is 2.08. The van der Waals surface area contributed by atoms with Crippen molar-refractivity contribution in [2.45, 2.75) is 25.9 Å². The highest BCUT2D eigenvalue weighted by Crippen LogP contribution is 2.21. The summed E-state index contributed by atoms with van der Waals surface area (Å²) >= 11 is 0. The second-order valence-corrected chi connectivity index (χ2v) is 7.00. The van der Waals surface area contributed by atoms with Crippen molar-refractivity contribution >= 4 is 22.5 Å². The molecule has 30 heavy (non-hydrogen) atoms. The van der Waals surface area contributed by atoms with Crippen LogP contribution < -0.4 is 5.32 Å². The van der Waals surface area contributed by atoms with Crippen molar-refractivity contribution in [1.82, 2.24) is 24.8 Å². The van der Waals surface area contributed by atoms with Crippen LogP contribution in [0.2, 0.25) is 0 Å². The van der Waals surface area contributed by atoms with Gasteiger partial charge in [0.1, 0.15) is 0 Å². The largest absolute Gasteiger partial charge is 0.383 e. The molecular weight excluding hydrogens is 380 g/mol. The van der Waals surface area contributed by atoms with Crippen molar-refractivity contribution in [3.05, 3.63) is 60.8 Å². The van der Waals surface area contributed by atoms with Crippen molar-refractivity contribution in [3.63, 3.8) is 0 Å². The Morgan fingerprint density at radius 3 is 2.80 bits per heavy atom. The van der Waals surface area contributed by atoms with E-state index in [4.69, 9.17) is 4.74 Å². The number of methoxy groups -OCH3 is 1. The van der Waals surface area contributed by atoms with Crippen LogP contribution in [-0.2, 0) is 22.6 Å². The Hall–Kier alpha value is -3.52. The average molecular weight is 404 g/mol. The van der Waals surface area contributed by atoms with Gasteiger partial charge in [0.15, 0.2) is 0 Å². The van der Waals surface area contributed by atoms with Crippen LogP contribution in [0.4, 0.5) is 5.69 Å². The molecule has 2 aromatic carbocycles. The third kappa shape index (κ3) is 4.72. The number of benzene rings is 2. The monoisotopic (exact) mass is 404 g/mol. The fourth-order valence-electron chi connectivity index (χ4n) is 3.31. The van der Waals surface area contributed by atoms with Gasteiger partial charge in [-0.3, -0.25) is 4.79 Å². The summed E-state index contributed by atoms with van der Waals surface area (Å²) in [6.45, 7) is 2.00. The third-order valence-electron chi connectivity index (χ3n) is 4.84. The summed E-state index contributed by atoms with van der Waals surface area (Å²) in [7, 11) is 1.69. The van der Waals surface area contributed by atoms with Gasteiger partial charge in [-0.25, -0.2) is 0 Å². The van der Waals surface area contributed by atoms with E-state index in [1.807, 2.05) is 60.8 Å². The molecule has 0 saturated carbocycles. The molecule has 4 rings (SSSR count). The number of rotatable bonds is 9. The van der Waals surface area contributed by atoms with Crippen molar-refractivity contribution in [2.24, 2.45) is 0 Å². The van der Waals surface area contributed by atoms with E-state index < -0.39 is 0 Å². The van der Waals surface area contributed by atoms with Gasteiger partial charge in [0, 0.05) is 48.4 Å². The molecule has 8 nitrogen and oxygen atoms in total. The van der Waals surface area contributed by atoms with Crippen LogP contribution in [0.25, 0.3) is 22.3 Å². The number of nitrogens with zero attached hydrogens (tertiary/aromatic N) is 5. The standard InChI is InChI=1S/C22H24N6O2/c1-30-15-14-27-13-11-18-16-19(9-10-20(18)27)23-21(29)8-5-12-28-25-22(24-26-28)17-6-3-2-4-7-17/h2-4,6-7,9-11,13,16H,5,8,12,14-15H2,1H3,(H,23,29). The lowest BCUT2D eigenvalue weighted by Gasteiger charge is -2.07. The number of hydrogen-bond acceptors (Lipinski definition) is 5. The molecule has 8 heteroatoms. The van der Waals surface area contributed by atoms with Crippen LogP contribution in [-0.4, -0.2) is 44.4 Å². The maximum atomic E-state index is 12.3. The first-order valence-corrected chi connectivity index (χ1v) is 9.94. The fraction of sp³-hybridized carbons (Fsp3) is 0.273. The number of nitrogens with one attached hydrogen (secondary N) is 1. The summed E-state index contributed by atoms with van der Waals surface area (Å²) in [5.74, 6) is 0.558. The number of aryl methyl sites for hydroxylation is 1. The average Bonchev–Trinajstić information content (AvgIpc) is 3.40. The SMILES string of the molecule is COCCn1ccc2cc(NC(=O)CCCn3nnc(-c4ccccc4)n3)ccc21. The highest BCUT2D eigenvalue weighted by molar-refractivity contribution is 5.93. The number of ether oxygens (including phenoxy) is 1. The van der Waals surface area contributed by atoms with Gasteiger partial charge in [-0.1, -0.05) is 30.3 Å². The quantitative estimate of drug-likeness (QED) is 0.462. The Morgan fingerprint density at radius 1 is 1.10 bits per heavy atom. The lowest BCUT2D eigenvalue weighted by Crippen LogP contribution is -2.13. The molecule has 0 aliphatic rings. The minimum atomic E-state index is -0.0310. The molecule has 2 heterocycles. The zero-order chi connectivity index (χ0) is 20.8. The van der Waals surface area contributed by atoms with E-state index in [0.29, 0.717) is 31.8 Å². The zero-order valence-corrected chi connectivity index (χ0v) is 16.9. The predicted octanol–water partition coefficient (Wildman–Crippen LogP) is 3.36. The summed E-state index contributed by atoms with van der Waals surface area (Å²) in [6.07, 6.45) is 3.05. The van der Waals surface area contributed by atoms with E-state index in [1.54, 1.807) is 7.11 Å². The molecule has 0 aliphatic heterocycles. The number of fused-ring (bicyclic) bond motifs is 1. The highest BCUT2D eigenvalue weighted by atomic mass is 16.5. The molecular formula is C22H24N6O2. The molecule has 0 saturated heterocycles. The topological polar surface area (TPSA) is 86.9 Å². The van der Waals surface area contributed by atoms with E-state index in [1.165, 1.54) is 4.80 Å². The van der Waals surface area contributed by atoms with Gasteiger partial charge >= 0.3 is 0 Å². The van der Waals surface area contributed by atoms with Crippen LogP contribution in [0, 0.1) is 0 Å². The van der Waals surface area contributed by atoms with Crippen LogP contribution in [0.15, 0.2) is 60.8 Å². The summed E-state index contributed by atoms with van der Waals surface area (Å²) in [5.41, 5.74) is 2.84. The summed E-state index contributed by atoms with van der Waals surface area (Å²) in [4.78, 5) is 13.8. The van der Waals surface area contributed by atoms with Gasteiger partial charge in [-0.2, -0.15) is 4.80 Å². The van der Waals surface area contributed by atoms with E-state index in [2.05, 4.69) is 25.3 Å². The molecule has 0 fully saturated rings. The first-order valence-electron chi connectivity index (χ1n) is 9.94. The molecule has 1 N–H and O–H groups in total. The molecule has 154 valence electrons. The number of tetrazole rings is 1. The maximum absolute atomic E-state index is 12.3. The number of amides is 1. The molecule has 0 spiro atoms. The number of carbonyl (C=O) groups is 1. The van der Waals surface area contributed by atoms with Crippen LogP contribution in [0.5, 0.6) is 0 Å². The van der Waals surface area contributed by atoms with Crippen molar-refractivity contribution in [3.8, 4) is 11.4 Å². The molecule has 1 amide bonds. The summed E-state index contributed by atoms with van der Waals surface area (Å²) in [5, 5.41) is 16.6. The fourth-order valence-corrected chi connectivity index (χ4v) is 3.31. The van der Waals surface area contributed by atoms with E-state index >= 15 is 0 Å². The predicted molar refractivity (Wildman–Crippen MR) is 115 cm³/mol. The lowest BCUT2D eigenvalue weighted by molar-refractivity contribution is -0.116. The van der Waals surface area contributed by atoms with Gasteiger partial charge in [0.2, 0.25) is 11.7 Å². The zero-order valence-electron chi connectivity index (χ0n) is 16.9. The lowest BCUT2D eigenvalue weighted by atomic mass is 10.2. The third-order valence-corrected chi connectivity index (χ3v) is 4.84. The Kier molecular flexibility index (Phi) is 6.14. The number of aromatic nitrogens is 5. The van der Waals surface area contributed by atoms with Crippen LogP contribution >= 0.6 is 0 Å². The van der Waals surface area contributed by atoms with Crippen LogP contribution in [0.3, 0.4) is 0 Å². The van der Waals surface area contributed by atoms with Gasteiger partial charge < -0.3 is 14.6 Å². The summed E-state index contributed by atoms with van der Waals surface area (Å²) < 4.78 is 7.28. The normalized spacial score (nSPS) is 11.1. The van der Waals surface area contributed by atoms with Gasteiger partial charge in [-0.05, 0) is 35.9 Å². The smallest absolute Gasteiger partial charge is 0.224 e. The molecule has 0 bridgehead atoms. The molecule has 2 aromatic heterocycles. The minimum absolute atomic E-state index is 0.0310. The first-order chi connectivity index (χ1) is 14.7. The Bertz CT molecular complexity index is 1120. The Labute approximate surface area is 174 Å². The first kappa shape index (κ1) is 19.8. The van der Waals surface area contributed by atoms with Crippen molar-refractivity contribution < 1.29 is 9.53 Å². The van der Waals surface area contributed by atoms with E-state index in [-0.39, 0.29) is 5.91 Å². The minimum Gasteiger partial charge on any atom is -0.383 e. The van der Waals surface area contributed by atoms with E-state index in [0.717, 1.165) is 28.7 Å². The second-order valence-electron chi connectivity index (χ2n) is 7.00. The summed E-state index contributed by atoms with van der Waals surface area (Å²) in [6, 6.07) is 17.7. The second kappa shape index (κ2) is 9.32. The molecule has 0 aliphatic carbocycles. The van der Waals surface area contributed by atoms with Gasteiger partial charge in [0.25, 0.3) is 0 Å². The Balaban J connectivity index is 1.28. The number of carbonyl (C=O) groups excluding carboxylic acids is 1. The molecule has 4 aromatic rings. The Morgan fingerprint density at radius 2 is 1.97 bits per heavy atom. The number of hydrogen-bond donors (Lipinski definition) is 1. The van der Waals surface area contributed by atoms with Crippen LogP contribution in [0.1, 0.15) is 12.8 Å². The van der Waals surface area contributed by atoms with Gasteiger partial charge in [0.05, 0.1) is 13.2 Å².